The van der Waals surface area contributed by atoms with Gasteiger partial charge in [0.05, 0.1) is 0 Å². The van der Waals surface area contributed by atoms with E-state index in [4.69, 9.17) is 0 Å². The molecule has 10 heavy (non-hydrogen) atoms. The van der Waals surface area contributed by atoms with Crippen molar-refractivity contribution in [2.24, 2.45) is 0 Å². The van der Waals surface area contributed by atoms with Gasteiger partial charge in [-0.2, -0.15) is 0 Å². The van der Waals surface area contributed by atoms with Crippen molar-refractivity contribution in [3.05, 3.63) is 0 Å². The fourth-order valence-corrected chi connectivity index (χ4v) is 0. The smallest absolute Gasteiger partial charge is 0.187 e. The Labute approximate surface area is 87.3 Å². The SMILES string of the molecule is O.O.O.O.O.O.O.O.[AlH3].[Zr]. The molecule has 0 saturated heterocycles. The van der Waals surface area contributed by atoms with Gasteiger partial charge in [-0.05, 0) is 0 Å². The molecule has 0 saturated carbocycles. The molecule has 0 atom stereocenters. The maximum atomic E-state index is 0. The van der Waals surface area contributed by atoms with Crippen LogP contribution >= 0.6 is 0 Å². The molecule has 0 radical (unpaired) electrons. The van der Waals surface area contributed by atoms with Crippen molar-refractivity contribution in [2.75, 3.05) is 0 Å². The van der Waals surface area contributed by atoms with Gasteiger partial charge in [-0.25, -0.2) is 0 Å². The average Bonchev–Trinajstić information content (AvgIpc) is 0. The van der Waals surface area contributed by atoms with Gasteiger partial charge in [0, 0.05) is 26.2 Å². The topological polar surface area (TPSA) is 252 Å². The van der Waals surface area contributed by atoms with E-state index in [-0.39, 0.29) is 87.4 Å². The van der Waals surface area contributed by atoms with Crippen LogP contribution in [0.25, 0.3) is 0 Å². The molecule has 0 rings (SSSR count). The van der Waals surface area contributed by atoms with E-state index in [2.05, 4.69) is 0 Å². The average molecular weight is 265 g/mol. The van der Waals surface area contributed by atoms with Crippen LogP contribution in [0.1, 0.15) is 0 Å². The summed E-state index contributed by atoms with van der Waals surface area (Å²) in [5.41, 5.74) is 0. The molecule has 0 aliphatic heterocycles. The van der Waals surface area contributed by atoms with Crippen molar-refractivity contribution < 1.29 is 70.0 Å². The predicted octanol–water partition coefficient (Wildman–Crippen LogP) is -7.78. The zero-order valence-electron chi connectivity index (χ0n) is 4.50. The van der Waals surface area contributed by atoms with Crippen molar-refractivity contribution in [3.63, 3.8) is 0 Å². The van der Waals surface area contributed by atoms with Gasteiger partial charge in [-0.3, -0.25) is 0 Å². The van der Waals surface area contributed by atoms with Gasteiger partial charge in [-0.1, -0.05) is 0 Å². The van der Waals surface area contributed by atoms with E-state index in [0.717, 1.165) is 0 Å². The second-order valence-corrected chi connectivity index (χ2v) is 0. The molecule has 0 fully saturated rings. The Morgan fingerprint density at radius 1 is 0.300 bits per heavy atom. The molecule has 0 aromatic carbocycles. The second-order valence-electron chi connectivity index (χ2n) is 0. The Hall–Kier alpha value is 1.10. The Kier molecular flexibility index (Phi) is 65600. The first-order valence-electron chi connectivity index (χ1n) is 0. The van der Waals surface area contributed by atoms with Crippen molar-refractivity contribution in [2.45, 2.75) is 0 Å². The second kappa shape index (κ2) is 696. The predicted molar refractivity (Wildman–Crippen MR) is 38.8 cm³/mol. The van der Waals surface area contributed by atoms with Crippen LogP contribution < -0.4 is 0 Å². The molecule has 0 heterocycles. The van der Waals surface area contributed by atoms with Crippen LogP contribution in [0, 0.1) is 0 Å². The quantitative estimate of drug-likeness (QED) is 0.369. The van der Waals surface area contributed by atoms with E-state index in [1.165, 1.54) is 0 Å². The summed E-state index contributed by atoms with van der Waals surface area (Å²) in [5.74, 6) is 0. The van der Waals surface area contributed by atoms with E-state index in [0.29, 0.717) is 0 Å². The van der Waals surface area contributed by atoms with Crippen LogP contribution in [0.4, 0.5) is 0 Å². The molecule has 0 spiro atoms. The number of rotatable bonds is 0. The summed E-state index contributed by atoms with van der Waals surface area (Å²) in [6.07, 6.45) is 0. The zero-order valence-corrected chi connectivity index (χ0v) is 6.96. The first-order chi connectivity index (χ1) is 0. The summed E-state index contributed by atoms with van der Waals surface area (Å²) in [5, 5.41) is 0. The van der Waals surface area contributed by atoms with Gasteiger partial charge >= 0.3 is 0 Å². The van der Waals surface area contributed by atoms with Gasteiger partial charge in [0.15, 0.2) is 17.4 Å². The summed E-state index contributed by atoms with van der Waals surface area (Å²) in [7, 11) is 0. The Morgan fingerprint density at radius 3 is 0.300 bits per heavy atom. The molecule has 10 heteroatoms. The third-order valence-corrected chi connectivity index (χ3v) is 0. The largest absolute Gasteiger partial charge is 0.412 e. The van der Waals surface area contributed by atoms with E-state index in [1.807, 2.05) is 0 Å². The third-order valence-electron chi connectivity index (χ3n) is 0. The monoisotopic (exact) mass is 264 g/mol. The van der Waals surface area contributed by atoms with Gasteiger partial charge in [0.1, 0.15) is 0 Å². The van der Waals surface area contributed by atoms with Crippen molar-refractivity contribution in [1.82, 2.24) is 0 Å². The van der Waals surface area contributed by atoms with Crippen LogP contribution in [0.5, 0.6) is 0 Å². The maximum Gasteiger partial charge on any atom is 0.187 e. The van der Waals surface area contributed by atoms with Gasteiger partial charge in [0.2, 0.25) is 0 Å². The molecule has 0 aliphatic carbocycles. The standard InChI is InChI=1S/Al.8H2O.Zr.3H/h;8*1H2;;;;. The van der Waals surface area contributed by atoms with Crippen molar-refractivity contribution in [3.8, 4) is 0 Å². The molecular formula is H19AlO8Zr. The fraction of sp³-hybridized carbons (Fsp3) is 0. The van der Waals surface area contributed by atoms with E-state index in [1.54, 1.807) is 0 Å². The van der Waals surface area contributed by atoms with Crippen LogP contribution in [-0.2, 0) is 26.2 Å². The number of hydrogen-bond donors (Lipinski definition) is 0. The number of hydrogen-bond acceptors (Lipinski definition) is 0. The Morgan fingerprint density at radius 2 is 0.300 bits per heavy atom. The summed E-state index contributed by atoms with van der Waals surface area (Å²) in [6.45, 7) is 0. The Balaban J connectivity index is 0. The first kappa shape index (κ1) is 942. The molecule has 0 bridgehead atoms. The molecule has 0 aromatic heterocycles. The van der Waals surface area contributed by atoms with Crippen LogP contribution in [0.15, 0.2) is 0 Å². The van der Waals surface area contributed by atoms with Gasteiger partial charge in [0.25, 0.3) is 0 Å². The van der Waals surface area contributed by atoms with E-state index >= 15 is 0 Å². The fourth-order valence-electron chi connectivity index (χ4n) is 0. The molecular weight excluding hydrogens is 246 g/mol. The third kappa shape index (κ3) is 497. The van der Waals surface area contributed by atoms with E-state index < -0.39 is 0 Å². The molecule has 74 valence electrons. The van der Waals surface area contributed by atoms with Gasteiger partial charge in [-0.15, -0.1) is 0 Å². The molecule has 8 nitrogen and oxygen atoms in total. The van der Waals surface area contributed by atoms with E-state index in [9.17, 15) is 0 Å². The zero-order chi connectivity index (χ0) is 0. The minimum absolute atomic E-state index is 0. The minimum Gasteiger partial charge on any atom is -0.412 e. The normalized spacial score (nSPS) is 0. The van der Waals surface area contributed by atoms with Gasteiger partial charge < -0.3 is 43.8 Å². The Bertz CT molecular complexity index is 9.22. The summed E-state index contributed by atoms with van der Waals surface area (Å²) >= 11 is 0. The molecule has 0 unspecified atom stereocenters. The maximum absolute atomic E-state index is 0. The van der Waals surface area contributed by atoms with Crippen LogP contribution in [-0.4, -0.2) is 61.2 Å². The van der Waals surface area contributed by atoms with Crippen molar-refractivity contribution >= 4 is 17.4 Å². The van der Waals surface area contributed by atoms with Crippen LogP contribution in [0.3, 0.4) is 0 Å². The summed E-state index contributed by atoms with van der Waals surface area (Å²) < 4.78 is 0. The van der Waals surface area contributed by atoms with Crippen molar-refractivity contribution in [1.29, 1.82) is 0 Å². The molecule has 0 amide bonds. The van der Waals surface area contributed by atoms with Crippen LogP contribution in [0.2, 0.25) is 0 Å². The summed E-state index contributed by atoms with van der Waals surface area (Å²) in [4.78, 5) is 0. The molecule has 0 aromatic rings. The summed E-state index contributed by atoms with van der Waals surface area (Å²) in [6, 6.07) is 0. The molecule has 0 aliphatic rings. The first-order valence-corrected chi connectivity index (χ1v) is 0. The molecule has 16 N–H and O–H groups in total. The minimum atomic E-state index is 0.